The zero-order valence-electron chi connectivity index (χ0n) is 11.2. The molecular weight excluding hydrogens is 262 g/mol. The van der Waals surface area contributed by atoms with Crippen molar-refractivity contribution in [1.29, 1.82) is 0 Å². The molecule has 0 bridgehead atoms. The highest BCUT2D eigenvalue weighted by Gasteiger charge is 2.32. The predicted molar refractivity (Wildman–Crippen MR) is 78.6 cm³/mol. The van der Waals surface area contributed by atoms with Gasteiger partial charge in [-0.15, -0.1) is 0 Å². The maximum absolute atomic E-state index is 12.1. The lowest BCUT2D eigenvalue weighted by molar-refractivity contribution is -0.135. The van der Waals surface area contributed by atoms with Crippen molar-refractivity contribution < 1.29 is 9.53 Å². The summed E-state index contributed by atoms with van der Waals surface area (Å²) in [6.07, 6.45) is -0.545. The molecule has 0 spiro atoms. The third kappa shape index (κ3) is 2.63. The molecule has 0 aromatic heterocycles. The van der Waals surface area contributed by atoms with Crippen molar-refractivity contribution in [2.45, 2.75) is 6.10 Å². The Morgan fingerprint density at radius 2 is 2.16 bits per heavy atom. The Kier molecular flexibility index (Phi) is 3.90. The molecule has 1 heterocycles. The quantitative estimate of drug-likeness (QED) is 0.772. The fourth-order valence-electron chi connectivity index (χ4n) is 1.98. The lowest BCUT2D eigenvalue weighted by Crippen LogP contribution is -2.52. The predicted octanol–water partition coefficient (Wildman–Crippen LogP) is 0.846. The summed E-state index contributed by atoms with van der Waals surface area (Å²) >= 11 is 5.29. The maximum Gasteiger partial charge on any atom is 0.265 e. The number of benzene rings is 1. The smallest absolute Gasteiger partial charge is 0.265 e. The van der Waals surface area contributed by atoms with E-state index in [2.05, 4.69) is 5.32 Å². The number of likely N-dealkylation sites (N-methyl/N-ethyl adjacent to an activating group) is 1. The van der Waals surface area contributed by atoms with Crippen molar-refractivity contribution in [2.75, 3.05) is 32.6 Å². The standard InChI is InChI=1S/C13H17N3O2S/c1-14-13(19)16-8-11(12(17)15(2)3)18-10-7-5-4-6-9(10)16/h4-7,11H,8H2,1-3H3,(H,14,19). The second-order valence-electron chi connectivity index (χ2n) is 4.47. The highest BCUT2D eigenvalue weighted by molar-refractivity contribution is 7.80. The van der Waals surface area contributed by atoms with E-state index >= 15 is 0 Å². The van der Waals surface area contributed by atoms with Gasteiger partial charge in [-0.25, -0.2) is 0 Å². The molecule has 0 saturated heterocycles. The fraction of sp³-hybridized carbons (Fsp3) is 0.385. The van der Waals surface area contributed by atoms with Crippen molar-refractivity contribution in [2.24, 2.45) is 0 Å². The van der Waals surface area contributed by atoms with Gasteiger partial charge in [-0.05, 0) is 24.4 Å². The molecule has 1 N–H and O–H groups in total. The van der Waals surface area contributed by atoms with E-state index in [-0.39, 0.29) is 5.91 Å². The minimum absolute atomic E-state index is 0.0709. The average Bonchev–Trinajstić information content (AvgIpc) is 2.44. The molecular formula is C13H17N3O2S. The number of carbonyl (C=O) groups is 1. The molecule has 1 unspecified atom stereocenters. The molecule has 1 aromatic carbocycles. The molecule has 2 rings (SSSR count). The summed E-state index contributed by atoms with van der Waals surface area (Å²) < 4.78 is 5.76. The second-order valence-corrected chi connectivity index (χ2v) is 4.86. The van der Waals surface area contributed by atoms with Crippen molar-refractivity contribution in [3.8, 4) is 5.75 Å². The van der Waals surface area contributed by atoms with Gasteiger partial charge in [0.1, 0.15) is 5.75 Å². The molecule has 0 aliphatic carbocycles. The van der Waals surface area contributed by atoms with Crippen LogP contribution in [0.4, 0.5) is 5.69 Å². The van der Waals surface area contributed by atoms with Gasteiger partial charge in [-0.1, -0.05) is 12.1 Å². The largest absolute Gasteiger partial charge is 0.476 e. The van der Waals surface area contributed by atoms with E-state index in [9.17, 15) is 4.79 Å². The normalized spacial score (nSPS) is 17.2. The van der Waals surface area contributed by atoms with Gasteiger partial charge < -0.3 is 19.9 Å². The molecule has 1 atom stereocenters. The van der Waals surface area contributed by atoms with Crippen LogP contribution in [0.1, 0.15) is 0 Å². The molecule has 1 aliphatic rings. The molecule has 102 valence electrons. The van der Waals surface area contributed by atoms with E-state index in [0.29, 0.717) is 17.4 Å². The lowest BCUT2D eigenvalue weighted by atomic mass is 10.2. The van der Waals surface area contributed by atoms with E-state index in [1.54, 1.807) is 21.1 Å². The van der Waals surface area contributed by atoms with Gasteiger partial charge in [0.15, 0.2) is 11.2 Å². The van der Waals surface area contributed by atoms with E-state index in [1.165, 1.54) is 4.90 Å². The number of fused-ring (bicyclic) bond motifs is 1. The summed E-state index contributed by atoms with van der Waals surface area (Å²) in [7, 11) is 5.20. The summed E-state index contributed by atoms with van der Waals surface area (Å²) in [5, 5.41) is 3.52. The topological polar surface area (TPSA) is 44.8 Å². The average molecular weight is 279 g/mol. The number of nitrogens with one attached hydrogen (secondary N) is 1. The minimum atomic E-state index is -0.545. The molecule has 0 radical (unpaired) electrons. The zero-order chi connectivity index (χ0) is 14.0. The number of rotatable bonds is 1. The first-order valence-electron chi connectivity index (χ1n) is 6.00. The van der Waals surface area contributed by atoms with E-state index in [4.69, 9.17) is 17.0 Å². The summed E-state index contributed by atoms with van der Waals surface area (Å²) in [6.45, 7) is 0.410. The van der Waals surface area contributed by atoms with Crippen LogP contribution in [0.25, 0.3) is 0 Å². The Balaban J connectivity index is 2.34. The zero-order valence-corrected chi connectivity index (χ0v) is 12.0. The van der Waals surface area contributed by atoms with Crippen LogP contribution >= 0.6 is 12.2 Å². The third-order valence-electron chi connectivity index (χ3n) is 2.95. The number of hydrogen-bond donors (Lipinski definition) is 1. The Hall–Kier alpha value is -1.82. The SMILES string of the molecule is CNC(=S)N1CC(C(=O)N(C)C)Oc2ccccc21. The van der Waals surface area contributed by atoms with Crippen LogP contribution in [-0.2, 0) is 4.79 Å². The lowest BCUT2D eigenvalue weighted by Gasteiger charge is -2.36. The number of carbonyl (C=O) groups excluding carboxylic acids is 1. The summed E-state index contributed by atoms with van der Waals surface area (Å²) in [4.78, 5) is 15.5. The number of hydrogen-bond acceptors (Lipinski definition) is 3. The van der Waals surface area contributed by atoms with Crippen LogP contribution in [0.2, 0.25) is 0 Å². The Morgan fingerprint density at radius 3 is 2.79 bits per heavy atom. The molecule has 1 aliphatic heterocycles. The first-order valence-corrected chi connectivity index (χ1v) is 6.41. The second kappa shape index (κ2) is 5.44. The molecule has 5 nitrogen and oxygen atoms in total. The molecule has 6 heteroatoms. The van der Waals surface area contributed by atoms with E-state index < -0.39 is 6.10 Å². The molecule has 0 saturated carbocycles. The van der Waals surface area contributed by atoms with Gasteiger partial charge >= 0.3 is 0 Å². The molecule has 19 heavy (non-hydrogen) atoms. The number of amides is 1. The molecule has 0 fully saturated rings. The Bertz CT molecular complexity index is 504. The van der Waals surface area contributed by atoms with Crippen LogP contribution in [0.5, 0.6) is 5.75 Å². The number of nitrogens with zero attached hydrogens (tertiary/aromatic N) is 2. The van der Waals surface area contributed by atoms with E-state index in [1.807, 2.05) is 29.2 Å². The third-order valence-corrected chi connectivity index (χ3v) is 3.37. The maximum atomic E-state index is 12.1. The van der Waals surface area contributed by atoms with Crippen molar-refractivity contribution >= 4 is 28.9 Å². The molecule has 1 amide bonds. The summed E-state index contributed by atoms with van der Waals surface area (Å²) in [5.41, 5.74) is 0.879. The van der Waals surface area contributed by atoms with E-state index in [0.717, 1.165) is 5.69 Å². The number of thiocarbonyl (C=S) groups is 1. The van der Waals surface area contributed by atoms with Crippen LogP contribution in [0.15, 0.2) is 24.3 Å². The van der Waals surface area contributed by atoms with Crippen molar-refractivity contribution in [1.82, 2.24) is 10.2 Å². The van der Waals surface area contributed by atoms with Gasteiger partial charge in [-0.2, -0.15) is 0 Å². The molecule has 1 aromatic rings. The van der Waals surface area contributed by atoms with Gasteiger partial charge in [-0.3, -0.25) is 4.79 Å². The Labute approximate surface area is 118 Å². The van der Waals surface area contributed by atoms with Crippen molar-refractivity contribution in [3.63, 3.8) is 0 Å². The van der Waals surface area contributed by atoms with Gasteiger partial charge in [0.05, 0.1) is 12.2 Å². The number of anilines is 1. The first kappa shape index (κ1) is 13.6. The fourth-order valence-corrected chi connectivity index (χ4v) is 2.15. The summed E-state index contributed by atoms with van der Waals surface area (Å²) in [5.74, 6) is 0.602. The minimum Gasteiger partial charge on any atom is -0.476 e. The highest BCUT2D eigenvalue weighted by atomic mass is 32.1. The van der Waals surface area contributed by atoms with Gasteiger partial charge in [0, 0.05) is 21.1 Å². The van der Waals surface area contributed by atoms with Crippen LogP contribution in [0.3, 0.4) is 0 Å². The van der Waals surface area contributed by atoms with Gasteiger partial charge in [0.25, 0.3) is 5.91 Å². The summed E-state index contributed by atoms with van der Waals surface area (Å²) in [6, 6.07) is 7.56. The van der Waals surface area contributed by atoms with Crippen LogP contribution in [-0.4, -0.2) is 49.7 Å². The van der Waals surface area contributed by atoms with Gasteiger partial charge in [0.2, 0.25) is 0 Å². The van der Waals surface area contributed by atoms with Crippen LogP contribution < -0.4 is 15.0 Å². The van der Waals surface area contributed by atoms with Crippen LogP contribution in [0, 0.1) is 0 Å². The Morgan fingerprint density at radius 1 is 1.47 bits per heavy atom. The first-order chi connectivity index (χ1) is 9.04. The number of ether oxygens (including phenoxy) is 1. The monoisotopic (exact) mass is 279 g/mol. The van der Waals surface area contributed by atoms with Crippen molar-refractivity contribution in [3.05, 3.63) is 24.3 Å². The number of para-hydroxylation sites is 2. The highest BCUT2D eigenvalue weighted by Crippen LogP contribution is 2.33.